The number of para-hydroxylation sites is 1. The van der Waals surface area contributed by atoms with Gasteiger partial charge in [0.15, 0.2) is 0 Å². The molecule has 1 saturated carbocycles. The maximum Gasteiger partial charge on any atom is 0.322 e. The molecule has 2 aromatic carbocycles. The second-order valence-electron chi connectivity index (χ2n) is 7.56. The molecule has 29 heavy (non-hydrogen) atoms. The first-order valence-corrected chi connectivity index (χ1v) is 11.8. The number of halogens is 1. The van der Waals surface area contributed by atoms with E-state index >= 15 is 0 Å². The fourth-order valence-corrected chi connectivity index (χ4v) is 5.37. The maximum atomic E-state index is 12.8. The molecule has 1 aliphatic carbocycles. The van der Waals surface area contributed by atoms with Crippen LogP contribution < -0.4 is 14.9 Å². The van der Waals surface area contributed by atoms with Crippen molar-refractivity contribution in [1.82, 2.24) is 5.32 Å². The Bertz CT molecular complexity index is 1020. The molecule has 2 N–H and O–H groups in total. The van der Waals surface area contributed by atoms with E-state index in [0.717, 1.165) is 36.9 Å². The van der Waals surface area contributed by atoms with Crippen LogP contribution in [0, 0.1) is 0 Å². The summed E-state index contributed by atoms with van der Waals surface area (Å²) < 4.78 is 28.1. The van der Waals surface area contributed by atoms with Crippen LogP contribution in [0.2, 0.25) is 5.02 Å². The lowest BCUT2D eigenvalue weighted by Gasteiger charge is -2.26. The molecular weight excluding hydrogens is 410 g/mol. The molecule has 1 heterocycles. The molecule has 154 valence electrons. The molecule has 8 heteroatoms. The molecule has 0 saturated heterocycles. The van der Waals surface area contributed by atoms with Crippen LogP contribution in [0.25, 0.3) is 0 Å². The van der Waals surface area contributed by atoms with Crippen molar-refractivity contribution in [2.45, 2.75) is 49.5 Å². The van der Waals surface area contributed by atoms with Crippen molar-refractivity contribution < 1.29 is 13.2 Å². The third-order valence-electron chi connectivity index (χ3n) is 5.55. The summed E-state index contributed by atoms with van der Waals surface area (Å²) in [5, 5.41) is 3.46. The molecular formula is C21H24ClN3O3S. The number of nitrogens with zero attached hydrogens (tertiary/aromatic N) is 1. The normalized spacial score (nSPS) is 17.1. The van der Waals surface area contributed by atoms with E-state index < -0.39 is 10.0 Å². The highest BCUT2D eigenvalue weighted by Crippen LogP contribution is 2.32. The quantitative estimate of drug-likeness (QED) is 0.742. The molecule has 0 aromatic heterocycles. The van der Waals surface area contributed by atoms with Crippen LogP contribution in [0.15, 0.2) is 47.4 Å². The Labute approximate surface area is 176 Å². The van der Waals surface area contributed by atoms with Gasteiger partial charge in [-0.2, -0.15) is 0 Å². The van der Waals surface area contributed by atoms with Gasteiger partial charge in [0.1, 0.15) is 0 Å². The number of anilines is 2. The number of hydrogen-bond acceptors (Lipinski definition) is 3. The van der Waals surface area contributed by atoms with Gasteiger partial charge in [-0.05, 0) is 55.2 Å². The minimum absolute atomic E-state index is 0.0968. The van der Waals surface area contributed by atoms with Crippen LogP contribution in [-0.4, -0.2) is 27.0 Å². The lowest BCUT2D eigenvalue weighted by molar-refractivity contribution is 0.238. The summed E-state index contributed by atoms with van der Waals surface area (Å²) in [6.45, 7) is 0.551. The predicted octanol–water partition coefficient (Wildman–Crippen LogP) is 4.55. The molecule has 2 aromatic rings. The lowest BCUT2D eigenvalue weighted by Crippen LogP contribution is -2.45. The number of rotatable bonds is 4. The first kappa shape index (κ1) is 20.0. The van der Waals surface area contributed by atoms with E-state index in [2.05, 4.69) is 10.0 Å². The van der Waals surface area contributed by atoms with Crippen LogP contribution in [0.3, 0.4) is 0 Å². The summed E-state index contributed by atoms with van der Waals surface area (Å²) >= 11 is 6.07. The van der Waals surface area contributed by atoms with Crippen molar-refractivity contribution >= 4 is 39.0 Å². The molecule has 0 spiro atoms. The summed E-state index contributed by atoms with van der Waals surface area (Å²) in [7, 11) is -3.77. The second kappa shape index (κ2) is 8.24. The Hall–Kier alpha value is -2.25. The van der Waals surface area contributed by atoms with Crippen molar-refractivity contribution in [3.05, 3.63) is 53.1 Å². The Morgan fingerprint density at radius 1 is 1.07 bits per heavy atom. The number of benzene rings is 2. The number of hydrogen-bond donors (Lipinski definition) is 2. The number of carbonyl (C=O) groups excluding carboxylic acids is 1. The molecule has 2 aliphatic rings. The Kier molecular flexibility index (Phi) is 5.69. The highest BCUT2D eigenvalue weighted by Gasteiger charge is 2.28. The molecule has 0 bridgehead atoms. The van der Waals surface area contributed by atoms with E-state index in [1.165, 1.54) is 12.5 Å². The Morgan fingerprint density at radius 2 is 1.83 bits per heavy atom. The van der Waals surface area contributed by atoms with E-state index in [1.54, 1.807) is 41.3 Å². The molecule has 2 amide bonds. The summed E-state index contributed by atoms with van der Waals surface area (Å²) in [6, 6.07) is 11.7. The van der Waals surface area contributed by atoms with E-state index in [9.17, 15) is 13.2 Å². The number of amides is 2. The predicted molar refractivity (Wildman–Crippen MR) is 115 cm³/mol. The van der Waals surface area contributed by atoms with Gasteiger partial charge < -0.3 is 5.32 Å². The molecule has 1 aliphatic heterocycles. The van der Waals surface area contributed by atoms with Crippen molar-refractivity contribution in [2.24, 2.45) is 0 Å². The van der Waals surface area contributed by atoms with E-state index in [1.807, 2.05) is 0 Å². The zero-order valence-electron chi connectivity index (χ0n) is 16.0. The number of carbonyl (C=O) groups is 1. The fraction of sp³-hybridized carbons (Fsp3) is 0.381. The van der Waals surface area contributed by atoms with Crippen LogP contribution in [0.4, 0.5) is 16.2 Å². The SMILES string of the molecule is O=C(NC1CCCCC1)N1CCc2cc(S(=O)(=O)Nc3ccccc3Cl)ccc21. The van der Waals surface area contributed by atoms with Crippen molar-refractivity contribution in [1.29, 1.82) is 0 Å². The largest absolute Gasteiger partial charge is 0.335 e. The molecule has 0 radical (unpaired) electrons. The van der Waals surface area contributed by atoms with Gasteiger partial charge in [0.25, 0.3) is 10.0 Å². The maximum absolute atomic E-state index is 12.8. The smallest absolute Gasteiger partial charge is 0.322 e. The third-order valence-corrected chi connectivity index (χ3v) is 7.25. The number of sulfonamides is 1. The average Bonchev–Trinajstić information content (AvgIpc) is 3.14. The fourth-order valence-electron chi connectivity index (χ4n) is 4.00. The zero-order chi connectivity index (χ0) is 20.4. The van der Waals surface area contributed by atoms with Gasteiger partial charge in [0, 0.05) is 18.3 Å². The third kappa shape index (κ3) is 4.36. The van der Waals surface area contributed by atoms with Gasteiger partial charge in [0.05, 0.1) is 15.6 Å². The van der Waals surface area contributed by atoms with Crippen LogP contribution in [0.5, 0.6) is 0 Å². The van der Waals surface area contributed by atoms with Crippen molar-refractivity contribution in [2.75, 3.05) is 16.2 Å². The van der Waals surface area contributed by atoms with Gasteiger partial charge in [-0.25, -0.2) is 13.2 Å². The monoisotopic (exact) mass is 433 g/mol. The molecule has 4 rings (SSSR count). The standard InChI is InChI=1S/C21H24ClN3O3S/c22-18-8-4-5-9-19(18)24-29(27,28)17-10-11-20-15(14-17)12-13-25(20)21(26)23-16-6-2-1-3-7-16/h4-5,8-11,14,16,24H,1-3,6-7,12-13H2,(H,23,26). The molecule has 1 fully saturated rings. The number of nitrogens with one attached hydrogen (secondary N) is 2. The van der Waals surface area contributed by atoms with Crippen molar-refractivity contribution in [3.63, 3.8) is 0 Å². The minimum Gasteiger partial charge on any atom is -0.335 e. The van der Waals surface area contributed by atoms with Gasteiger partial charge in [0.2, 0.25) is 0 Å². The summed E-state index contributed by atoms with van der Waals surface area (Å²) in [5.41, 5.74) is 1.96. The van der Waals surface area contributed by atoms with Gasteiger partial charge in [-0.15, -0.1) is 0 Å². The van der Waals surface area contributed by atoms with Crippen LogP contribution >= 0.6 is 11.6 Å². The number of urea groups is 1. The van der Waals surface area contributed by atoms with Crippen molar-refractivity contribution in [3.8, 4) is 0 Å². The van der Waals surface area contributed by atoms with Gasteiger partial charge in [-0.1, -0.05) is 43.0 Å². The minimum atomic E-state index is -3.77. The first-order chi connectivity index (χ1) is 13.9. The van der Waals surface area contributed by atoms with Crippen LogP contribution in [-0.2, 0) is 16.4 Å². The summed E-state index contributed by atoms with van der Waals surface area (Å²) in [6.07, 6.45) is 6.22. The van der Waals surface area contributed by atoms with Gasteiger partial charge >= 0.3 is 6.03 Å². The topological polar surface area (TPSA) is 78.5 Å². The van der Waals surface area contributed by atoms with Crippen LogP contribution in [0.1, 0.15) is 37.7 Å². The summed E-state index contributed by atoms with van der Waals surface area (Å²) in [5.74, 6) is 0. The second-order valence-corrected chi connectivity index (χ2v) is 9.65. The molecule has 6 nitrogen and oxygen atoms in total. The average molecular weight is 434 g/mol. The van der Waals surface area contributed by atoms with E-state index in [-0.39, 0.29) is 17.0 Å². The van der Waals surface area contributed by atoms with E-state index in [4.69, 9.17) is 11.6 Å². The molecule has 0 atom stereocenters. The highest BCUT2D eigenvalue weighted by molar-refractivity contribution is 7.92. The van der Waals surface area contributed by atoms with Gasteiger partial charge in [-0.3, -0.25) is 9.62 Å². The van der Waals surface area contributed by atoms with E-state index in [0.29, 0.717) is 23.7 Å². The highest BCUT2D eigenvalue weighted by atomic mass is 35.5. The first-order valence-electron chi connectivity index (χ1n) is 9.92. The lowest BCUT2D eigenvalue weighted by atomic mass is 9.96. The molecule has 0 unspecified atom stereocenters. The summed E-state index contributed by atoms with van der Waals surface area (Å²) in [4.78, 5) is 14.6. The number of fused-ring (bicyclic) bond motifs is 1. The Balaban J connectivity index is 1.50. The zero-order valence-corrected chi connectivity index (χ0v) is 17.6. The Morgan fingerprint density at radius 3 is 2.59 bits per heavy atom.